The van der Waals surface area contributed by atoms with Crippen molar-refractivity contribution >= 4 is 15.8 Å². The van der Waals surface area contributed by atoms with Crippen LogP contribution < -0.4 is 4.74 Å². The molecule has 1 unspecified atom stereocenters. The number of hydrogen-bond acceptors (Lipinski definition) is 5. The third-order valence-corrected chi connectivity index (χ3v) is 6.75. The minimum Gasteiger partial charge on any atom is -0.481 e. The van der Waals surface area contributed by atoms with E-state index in [-0.39, 0.29) is 24.0 Å². The first-order valence-electron chi connectivity index (χ1n) is 9.03. The highest BCUT2D eigenvalue weighted by Crippen LogP contribution is 2.33. The van der Waals surface area contributed by atoms with Crippen molar-refractivity contribution in [1.82, 2.24) is 0 Å². The zero-order valence-electron chi connectivity index (χ0n) is 15.4. The van der Waals surface area contributed by atoms with E-state index < -0.39 is 21.1 Å². The second-order valence-corrected chi connectivity index (χ2v) is 8.37. The summed E-state index contributed by atoms with van der Waals surface area (Å²) < 4.78 is 36.8. The maximum Gasteiger partial charge on any atom is 0.324 e. The van der Waals surface area contributed by atoms with Gasteiger partial charge in [0.15, 0.2) is 15.1 Å². The monoisotopic (exact) mass is 378 g/mol. The van der Waals surface area contributed by atoms with Gasteiger partial charge in [0.25, 0.3) is 0 Å². The van der Waals surface area contributed by atoms with Crippen molar-refractivity contribution in [1.29, 1.82) is 0 Å². The van der Waals surface area contributed by atoms with E-state index in [1.807, 2.05) is 0 Å². The Morgan fingerprint density at radius 3 is 2.42 bits per heavy atom. The molecule has 0 bridgehead atoms. The van der Waals surface area contributed by atoms with Crippen LogP contribution in [0.25, 0.3) is 0 Å². The molecule has 0 aromatic heterocycles. The molecule has 5 nitrogen and oxygen atoms in total. The molecule has 1 aromatic carbocycles. The van der Waals surface area contributed by atoms with Crippen molar-refractivity contribution in [2.45, 2.75) is 56.1 Å². The van der Waals surface area contributed by atoms with Gasteiger partial charge in [0.2, 0.25) is 0 Å². The average molecular weight is 378 g/mol. The topological polar surface area (TPSA) is 69.7 Å². The standard InChI is InChI=1S/C20H26O5S/c1-3-5-15-25-17-11-13-18(14-12-17)26(22,23)19(20(21)24-4-2)16-9-7-6-8-10-16/h11-14,16,19H,4,6-10,15H2,1-2H3. The van der Waals surface area contributed by atoms with Gasteiger partial charge in [0, 0.05) is 0 Å². The molecule has 0 saturated heterocycles. The van der Waals surface area contributed by atoms with Gasteiger partial charge in [-0.05, 0) is 56.9 Å². The molecule has 0 radical (unpaired) electrons. The lowest BCUT2D eigenvalue weighted by Crippen LogP contribution is -2.39. The summed E-state index contributed by atoms with van der Waals surface area (Å²) in [6.07, 6.45) is 4.45. The van der Waals surface area contributed by atoms with Crippen LogP contribution in [-0.2, 0) is 19.4 Å². The van der Waals surface area contributed by atoms with Gasteiger partial charge in [0.1, 0.15) is 12.4 Å². The van der Waals surface area contributed by atoms with Crippen LogP contribution >= 0.6 is 0 Å². The number of carbonyl (C=O) groups is 1. The van der Waals surface area contributed by atoms with Crippen LogP contribution in [0.3, 0.4) is 0 Å². The number of ether oxygens (including phenoxy) is 2. The van der Waals surface area contributed by atoms with Crippen molar-refractivity contribution in [3.63, 3.8) is 0 Å². The van der Waals surface area contributed by atoms with Crippen molar-refractivity contribution in [3.8, 4) is 17.6 Å². The lowest BCUT2D eigenvalue weighted by Gasteiger charge is -2.28. The molecule has 1 aliphatic carbocycles. The molecule has 1 saturated carbocycles. The Morgan fingerprint density at radius 1 is 1.19 bits per heavy atom. The molecule has 0 amide bonds. The van der Waals surface area contributed by atoms with E-state index >= 15 is 0 Å². The van der Waals surface area contributed by atoms with E-state index in [9.17, 15) is 13.2 Å². The number of rotatable bonds is 7. The lowest BCUT2D eigenvalue weighted by molar-refractivity contribution is -0.143. The van der Waals surface area contributed by atoms with E-state index in [4.69, 9.17) is 9.47 Å². The largest absolute Gasteiger partial charge is 0.481 e. The van der Waals surface area contributed by atoms with Crippen molar-refractivity contribution in [2.75, 3.05) is 13.2 Å². The number of hydrogen-bond donors (Lipinski definition) is 0. The molecule has 1 fully saturated rings. The number of benzene rings is 1. The van der Waals surface area contributed by atoms with Gasteiger partial charge < -0.3 is 9.47 Å². The lowest BCUT2D eigenvalue weighted by atomic mass is 9.87. The predicted molar refractivity (Wildman–Crippen MR) is 99.6 cm³/mol. The normalized spacial score (nSPS) is 16.2. The molecule has 0 N–H and O–H groups in total. The third kappa shape index (κ3) is 5.01. The van der Waals surface area contributed by atoms with Gasteiger partial charge in [-0.3, -0.25) is 4.79 Å². The molecule has 6 heteroatoms. The first-order chi connectivity index (χ1) is 12.5. The Kier molecular flexibility index (Phi) is 7.52. The van der Waals surface area contributed by atoms with Gasteiger partial charge in [-0.1, -0.05) is 25.2 Å². The van der Waals surface area contributed by atoms with Gasteiger partial charge in [-0.15, -0.1) is 5.92 Å². The quantitative estimate of drug-likeness (QED) is 0.537. The molecule has 1 atom stereocenters. The second-order valence-electron chi connectivity index (χ2n) is 6.30. The Bertz CT molecular complexity index is 750. The summed E-state index contributed by atoms with van der Waals surface area (Å²) in [5, 5.41) is -1.14. The average Bonchev–Trinajstić information content (AvgIpc) is 2.63. The summed E-state index contributed by atoms with van der Waals surface area (Å²) in [6.45, 7) is 3.83. The molecule has 26 heavy (non-hydrogen) atoms. The summed E-state index contributed by atoms with van der Waals surface area (Å²) in [6, 6.07) is 6.15. The van der Waals surface area contributed by atoms with Gasteiger partial charge >= 0.3 is 5.97 Å². The smallest absolute Gasteiger partial charge is 0.324 e. The van der Waals surface area contributed by atoms with E-state index in [1.165, 1.54) is 12.1 Å². The predicted octanol–water partition coefficient (Wildman–Crippen LogP) is 3.37. The van der Waals surface area contributed by atoms with Crippen LogP contribution in [0.5, 0.6) is 5.75 Å². The number of carbonyl (C=O) groups excluding carboxylic acids is 1. The Morgan fingerprint density at radius 2 is 1.85 bits per heavy atom. The van der Waals surface area contributed by atoms with Crippen LogP contribution in [0.4, 0.5) is 0 Å². The highest BCUT2D eigenvalue weighted by molar-refractivity contribution is 7.92. The fraction of sp³-hybridized carbons (Fsp3) is 0.550. The van der Waals surface area contributed by atoms with Gasteiger partial charge in [-0.25, -0.2) is 8.42 Å². The molecule has 1 aliphatic rings. The fourth-order valence-corrected chi connectivity index (χ4v) is 5.21. The second kappa shape index (κ2) is 9.63. The van der Waals surface area contributed by atoms with Crippen LogP contribution in [-0.4, -0.2) is 32.9 Å². The molecule has 0 spiro atoms. The summed E-state index contributed by atoms with van der Waals surface area (Å²) in [5.74, 6) is 5.21. The molecule has 0 heterocycles. The molecule has 2 rings (SSSR count). The highest BCUT2D eigenvalue weighted by Gasteiger charge is 2.41. The van der Waals surface area contributed by atoms with E-state index in [1.54, 1.807) is 26.0 Å². The third-order valence-electron chi connectivity index (χ3n) is 4.57. The SMILES string of the molecule is CC#CCOc1ccc(S(=O)(=O)C(C(=O)OCC)C2CCCCC2)cc1. The fourth-order valence-electron chi connectivity index (χ4n) is 3.30. The van der Waals surface area contributed by atoms with Crippen molar-refractivity contribution in [3.05, 3.63) is 24.3 Å². The van der Waals surface area contributed by atoms with E-state index in [2.05, 4.69) is 11.8 Å². The summed E-state index contributed by atoms with van der Waals surface area (Å²) in [5.41, 5.74) is 0. The summed E-state index contributed by atoms with van der Waals surface area (Å²) in [7, 11) is -3.82. The maximum absolute atomic E-state index is 13.2. The van der Waals surface area contributed by atoms with Crippen LogP contribution in [0.2, 0.25) is 0 Å². The summed E-state index contributed by atoms with van der Waals surface area (Å²) in [4.78, 5) is 12.6. The maximum atomic E-state index is 13.2. The molecular formula is C20H26O5S. The van der Waals surface area contributed by atoms with Gasteiger partial charge in [0.05, 0.1) is 11.5 Å². The molecule has 142 valence electrons. The zero-order valence-corrected chi connectivity index (χ0v) is 16.2. The van der Waals surface area contributed by atoms with Crippen LogP contribution in [0, 0.1) is 17.8 Å². The van der Waals surface area contributed by atoms with Crippen molar-refractivity contribution in [2.24, 2.45) is 5.92 Å². The molecule has 0 aliphatic heterocycles. The summed E-state index contributed by atoms with van der Waals surface area (Å²) >= 11 is 0. The van der Waals surface area contributed by atoms with Gasteiger partial charge in [-0.2, -0.15) is 0 Å². The Balaban J connectivity index is 2.26. The zero-order chi connectivity index (χ0) is 19.0. The number of esters is 1. The number of sulfone groups is 1. The Hall–Kier alpha value is -2.00. The minimum absolute atomic E-state index is 0.120. The van der Waals surface area contributed by atoms with Crippen LogP contribution in [0.15, 0.2) is 29.2 Å². The molecular weight excluding hydrogens is 352 g/mol. The van der Waals surface area contributed by atoms with E-state index in [0.29, 0.717) is 5.75 Å². The Labute approximate surface area is 156 Å². The first-order valence-corrected chi connectivity index (χ1v) is 10.6. The highest BCUT2D eigenvalue weighted by atomic mass is 32.2. The molecule has 1 aromatic rings. The van der Waals surface area contributed by atoms with E-state index in [0.717, 1.165) is 32.1 Å². The first kappa shape index (κ1) is 20.3. The van der Waals surface area contributed by atoms with Crippen molar-refractivity contribution < 1.29 is 22.7 Å². The van der Waals surface area contributed by atoms with Crippen LogP contribution in [0.1, 0.15) is 46.0 Å². The minimum atomic E-state index is -3.82.